The summed E-state index contributed by atoms with van der Waals surface area (Å²) in [6.45, 7) is 4.43. The average Bonchev–Trinajstić information content (AvgIpc) is 2.34. The number of ketones is 1. The minimum absolute atomic E-state index is 0.206. The van der Waals surface area contributed by atoms with Gasteiger partial charge in [0.15, 0.2) is 5.78 Å². The van der Waals surface area contributed by atoms with Crippen molar-refractivity contribution in [3.8, 4) is 0 Å². The Bertz CT molecular complexity index is 306. The lowest BCUT2D eigenvalue weighted by Crippen LogP contribution is -2.20. The highest BCUT2D eigenvalue weighted by Crippen LogP contribution is 2.06. The number of unbranched alkanes of at least 4 members (excludes halogenated alkanes) is 1. The van der Waals surface area contributed by atoms with Crippen molar-refractivity contribution < 1.29 is 9.53 Å². The standard InChI is InChI=1S/C14H20O2/c1-3-4-10-14(15)12(2)16-11-13-8-6-5-7-9-13/h5-9,12H,3-4,10-11H2,1-2H3. The molecule has 0 aliphatic rings. The van der Waals surface area contributed by atoms with E-state index in [1.165, 1.54) is 0 Å². The molecule has 0 radical (unpaired) electrons. The van der Waals surface area contributed by atoms with Crippen LogP contribution >= 0.6 is 0 Å². The summed E-state index contributed by atoms with van der Waals surface area (Å²) in [5, 5.41) is 0. The number of rotatable bonds is 7. The molecule has 16 heavy (non-hydrogen) atoms. The van der Waals surface area contributed by atoms with Gasteiger partial charge in [0.05, 0.1) is 6.61 Å². The Hall–Kier alpha value is -1.15. The van der Waals surface area contributed by atoms with E-state index in [0.29, 0.717) is 13.0 Å². The molecule has 0 saturated carbocycles. The highest BCUT2D eigenvalue weighted by Gasteiger charge is 2.12. The minimum Gasteiger partial charge on any atom is -0.366 e. The van der Waals surface area contributed by atoms with Crippen molar-refractivity contribution in [2.75, 3.05) is 0 Å². The molecule has 0 fully saturated rings. The van der Waals surface area contributed by atoms with Gasteiger partial charge in [0, 0.05) is 6.42 Å². The van der Waals surface area contributed by atoms with Gasteiger partial charge in [-0.1, -0.05) is 43.7 Å². The monoisotopic (exact) mass is 220 g/mol. The number of hydrogen-bond donors (Lipinski definition) is 0. The molecule has 2 nitrogen and oxygen atoms in total. The van der Waals surface area contributed by atoms with Crippen LogP contribution in [0.1, 0.15) is 38.7 Å². The fourth-order valence-electron chi connectivity index (χ4n) is 1.44. The second-order valence-corrected chi connectivity index (χ2v) is 4.01. The zero-order valence-corrected chi connectivity index (χ0v) is 10.1. The van der Waals surface area contributed by atoms with Crippen LogP contribution in [0.15, 0.2) is 30.3 Å². The maximum absolute atomic E-state index is 11.6. The summed E-state index contributed by atoms with van der Waals surface area (Å²) in [5.74, 6) is 0.206. The summed E-state index contributed by atoms with van der Waals surface area (Å²) in [6.07, 6.45) is 2.35. The first kappa shape index (κ1) is 12.9. The van der Waals surface area contributed by atoms with Gasteiger partial charge in [-0.3, -0.25) is 4.79 Å². The molecule has 2 heteroatoms. The zero-order chi connectivity index (χ0) is 11.8. The van der Waals surface area contributed by atoms with Gasteiger partial charge in [0.1, 0.15) is 6.10 Å². The number of hydrogen-bond acceptors (Lipinski definition) is 2. The molecular formula is C14H20O2. The third-order valence-electron chi connectivity index (χ3n) is 2.57. The zero-order valence-electron chi connectivity index (χ0n) is 10.1. The largest absolute Gasteiger partial charge is 0.366 e. The van der Waals surface area contributed by atoms with Gasteiger partial charge in [-0.2, -0.15) is 0 Å². The first-order chi connectivity index (χ1) is 7.74. The van der Waals surface area contributed by atoms with E-state index in [4.69, 9.17) is 4.74 Å². The van der Waals surface area contributed by atoms with E-state index < -0.39 is 0 Å². The smallest absolute Gasteiger partial charge is 0.161 e. The van der Waals surface area contributed by atoms with Crippen molar-refractivity contribution in [1.82, 2.24) is 0 Å². The quantitative estimate of drug-likeness (QED) is 0.704. The maximum Gasteiger partial charge on any atom is 0.161 e. The number of benzene rings is 1. The number of Topliss-reactive ketones (excluding diaryl/α,β-unsaturated/α-hetero) is 1. The average molecular weight is 220 g/mol. The van der Waals surface area contributed by atoms with Gasteiger partial charge < -0.3 is 4.74 Å². The predicted octanol–water partition coefficient (Wildman–Crippen LogP) is 3.35. The fraction of sp³-hybridized carbons (Fsp3) is 0.500. The Kier molecular flexibility index (Phi) is 5.79. The third kappa shape index (κ3) is 4.58. The molecule has 0 bridgehead atoms. The van der Waals surface area contributed by atoms with Crippen LogP contribution < -0.4 is 0 Å². The molecule has 1 unspecified atom stereocenters. The second-order valence-electron chi connectivity index (χ2n) is 4.01. The van der Waals surface area contributed by atoms with Gasteiger partial charge in [0.25, 0.3) is 0 Å². The van der Waals surface area contributed by atoms with Gasteiger partial charge in [-0.15, -0.1) is 0 Å². The molecule has 88 valence electrons. The van der Waals surface area contributed by atoms with Crippen LogP contribution in [0.3, 0.4) is 0 Å². The topological polar surface area (TPSA) is 26.3 Å². The summed E-state index contributed by atoms with van der Waals surface area (Å²) in [7, 11) is 0. The van der Waals surface area contributed by atoms with Crippen LogP contribution in [-0.2, 0) is 16.1 Å². The van der Waals surface area contributed by atoms with Crippen LogP contribution in [0.5, 0.6) is 0 Å². The number of carbonyl (C=O) groups is 1. The van der Waals surface area contributed by atoms with Crippen LogP contribution in [0, 0.1) is 0 Å². The molecule has 0 aliphatic carbocycles. The molecule has 1 atom stereocenters. The Morgan fingerprint density at radius 1 is 1.31 bits per heavy atom. The van der Waals surface area contributed by atoms with Crippen molar-refractivity contribution in [1.29, 1.82) is 0 Å². The molecule has 0 N–H and O–H groups in total. The molecular weight excluding hydrogens is 200 g/mol. The summed E-state index contributed by atoms with van der Waals surface area (Å²) in [4.78, 5) is 11.6. The van der Waals surface area contributed by atoms with E-state index in [2.05, 4.69) is 6.92 Å². The number of ether oxygens (including phenoxy) is 1. The number of carbonyl (C=O) groups excluding carboxylic acids is 1. The van der Waals surface area contributed by atoms with Gasteiger partial charge in [-0.05, 0) is 18.9 Å². The van der Waals surface area contributed by atoms with Gasteiger partial charge >= 0.3 is 0 Å². The van der Waals surface area contributed by atoms with E-state index in [1.54, 1.807) is 0 Å². The first-order valence-corrected chi connectivity index (χ1v) is 5.92. The Labute approximate surface area is 97.6 Å². The SMILES string of the molecule is CCCCC(=O)C(C)OCc1ccccc1. The summed E-state index contributed by atoms with van der Waals surface area (Å²) in [5.41, 5.74) is 1.11. The Morgan fingerprint density at radius 2 is 2.00 bits per heavy atom. The van der Waals surface area contributed by atoms with Crippen LogP contribution in [-0.4, -0.2) is 11.9 Å². The lowest BCUT2D eigenvalue weighted by molar-refractivity contribution is -0.130. The minimum atomic E-state index is -0.285. The Morgan fingerprint density at radius 3 is 2.62 bits per heavy atom. The Balaban J connectivity index is 2.29. The normalized spacial score (nSPS) is 12.4. The molecule has 0 amide bonds. The molecule has 0 heterocycles. The van der Waals surface area contributed by atoms with E-state index in [0.717, 1.165) is 18.4 Å². The van der Waals surface area contributed by atoms with E-state index in [-0.39, 0.29) is 11.9 Å². The van der Waals surface area contributed by atoms with E-state index in [1.807, 2.05) is 37.3 Å². The lowest BCUT2D eigenvalue weighted by atomic mass is 10.1. The highest BCUT2D eigenvalue weighted by atomic mass is 16.5. The summed E-state index contributed by atoms with van der Waals surface area (Å²) in [6, 6.07) is 9.93. The van der Waals surface area contributed by atoms with Crippen LogP contribution in [0.2, 0.25) is 0 Å². The van der Waals surface area contributed by atoms with E-state index in [9.17, 15) is 4.79 Å². The maximum atomic E-state index is 11.6. The molecule has 0 aliphatic heterocycles. The second kappa shape index (κ2) is 7.18. The fourth-order valence-corrected chi connectivity index (χ4v) is 1.44. The summed E-state index contributed by atoms with van der Waals surface area (Å²) < 4.78 is 5.54. The van der Waals surface area contributed by atoms with Gasteiger partial charge in [0.2, 0.25) is 0 Å². The predicted molar refractivity (Wildman–Crippen MR) is 65.2 cm³/mol. The van der Waals surface area contributed by atoms with Gasteiger partial charge in [-0.25, -0.2) is 0 Å². The van der Waals surface area contributed by atoms with E-state index >= 15 is 0 Å². The van der Waals surface area contributed by atoms with Crippen molar-refractivity contribution in [2.45, 2.75) is 45.8 Å². The van der Waals surface area contributed by atoms with Crippen LogP contribution in [0.4, 0.5) is 0 Å². The molecule has 0 aromatic heterocycles. The van der Waals surface area contributed by atoms with Crippen molar-refractivity contribution in [3.05, 3.63) is 35.9 Å². The third-order valence-corrected chi connectivity index (χ3v) is 2.57. The highest BCUT2D eigenvalue weighted by molar-refractivity contribution is 5.82. The molecule has 0 saturated heterocycles. The lowest BCUT2D eigenvalue weighted by Gasteiger charge is -2.11. The molecule has 1 rings (SSSR count). The summed E-state index contributed by atoms with van der Waals surface area (Å²) >= 11 is 0. The molecule has 0 spiro atoms. The van der Waals surface area contributed by atoms with Crippen LogP contribution in [0.25, 0.3) is 0 Å². The van der Waals surface area contributed by atoms with Crippen molar-refractivity contribution in [2.24, 2.45) is 0 Å². The first-order valence-electron chi connectivity index (χ1n) is 5.92. The molecule has 1 aromatic rings. The van der Waals surface area contributed by atoms with Crippen molar-refractivity contribution >= 4 is 5.78 Å². The molecule has 1 aromatic carbocycles. The van der Waals surface area contributed by atoms with Crippen molar-refractivity contribution in [3.63, 3.8) is 0 Å².